The number of rotatable bonds is 4. The van der Waals surface area contributed by atoms with Gasteiger partial charge in [0.25, 0.3) is 0 Å². The van der Waals surface area contributed by atoms with Crippen LogP contribution in [0, 0.1) is 0 Å². The van der Waals surface area contributed by atoms with Crippen LogP contribution in [-0.4, -0.2) is 37.5 Å². The summed E-state index contributed by atoms with van der Waals surface area (Å²) < 4.78 is 5.60. The predicted octanol–water partition coefficient (Wildman–Crippen LogP) is 0.527. The van der Waals surface area contributed by atoms with Crippen molar-refractivity contribution < 1.29 is 9.84 Å². The van der Waals surface area contributed by atoms with Crippen molar-refractivity contribution in [3.8, 4) is 0 Å². The Bertz CT molecular complexity index is 101. The molecule has 3 nitrogen and oxygen atoms in total. The van der Waals surface area contributed by atoms with Gasteiger partial charge >= 0.3 is 0 Å². The molecule has 1 fully saturated rings. The first-order chi connectivity index (χ1) is 5.93. The Morgan fingerprint density at radius 2 is 2.25 bits per heavy atom. The Labute approximate surface area is 74.1 Å². The molecule has 1 saturated heterocycles. The quantitative estimate of drug-likeness (QED) is 0.609. The van der Waals surface area contributed by atoms with Gasteiger partial charge in [-0.2, -0.15) is 0 Å². The van der Waals surface area contributed by atoms with Gasteiger partial charge in [-0.25, -0.2) is 0 Å². The fourth-order valence-electron chi connectivity index (χ4n) is 1.47. The molecular formula is C9H19NO2. The number of nitrogens with one attached hydrogen (secondary N) is 1. The zero-order chi connectivity index (χ0) is 8.65. The molecular weight excluding hydrogens is 154 g/mol. The first-order valence-corrected chi connectivity index (χ1v) is 4.86. The van der Waals surface area contributed by atoms with Crippen molar-refractivity contribution in [2.45, 2.75) is 31.8 Å². The first kappa shape index (κ1) is 9.96. The third-order valence-electron chi connectivity index (χ3n) is 2.18. The Morgan fingerprint density at radius 1 is 1.33 bits per heavy atom. The van der Waals surface area contributed by atoms with Gasteiger partial charge in [-0.1, -0.05) is 0 Å². The van der Waals surface area contributed by atoms with Crippen molar-refractivity contribution in [1.82, 2.24) is 5.32 Å². The summed E-state index contributed by atoms with van der Waals surface area (Å²) in [5, 5.41) is 11.9. The van der Waals surface area contributed by atoms with Crippen LogP contribution in [0.15, 0.2) is 0 Å². The minimum Gasteiger partial charge on any atom is -0.396 e. The van der Waals surface area contributed by atoms with E-state index in [1.165, 1.54) is 12.8 Å². The molecule has 0 aromatic rings. The Balaban J connectivity index is 2.04. The van der Waals surface area contributed by atoms with E-state index in [4.69, 9.17) is 9.84 Å². The Hall–Kier alpha value is -0.120. The normalized spacial score (nSPS) is 25.2. The second kappa shape index (κ2) is 6.40. The van der Waals surface area contributed by atoms with Crippen LogP contribution in [0.25, 0.3) is 0 Å². The molecule has 0 aliphatic carbocycles. The third kappa shape index (κ3) is 4.04. The summed E-state index contributed by atoms with van der Waals surface area (Å²) in [7, 11) is 0. The zero-order valence-electron chi connectivity index (χ0n) is 7.59. The van der Waals surface area contributed by atoms with Crippen LogP contribution in [0.4, 0.5) is 0 Å². The van der Waals surface area contributed by atoms with Crippen molar-refractivity contribution >= 4 is 0 Å². The van der Waals surface area contributed by atoms with E-state index in [1.54, 1.807) is 0 Å². The van der Waals surface area contributed by atoms with Crippen LogP contribution in [0.2, 0.25) is 0 Å². The van der Waals surface area contributed by atoms with Gasteiger partial charge in [-0.05, 0) is 38.8 Å². The maximum Gasteiger partial charge on any atom is 0.0587 e. The van der Waals surface area contributed by atoms with E-state index in [2.05, 4.69) is 5.32 Å². The largest absolute Gasteiger partial charge is 0.396 e. The van der Waals surface area contributed by atoms with Gasteiger partial charge in [0.15, 0.2) is 0 Å². The van der Waals surface area contributed by atoms with E-state index < -0.39 is 0 Å². The second-order valence-corrected chi connectivity index (χ2v) is 3.25. The second-order valence-electron chi connectivity index (χ2n) is 3.25. The molecule has 1 rings (SSSR count). The molecule has 1 aliphatic heterocycles. The summed E-state index contributed by atoms with van der Waals surface area (Å²) >= 11 is 0. The van der Waals surface area contributed by atoms with Crippen molar-refractivity contribution in [2.24, 2.45) is 0 Å². The molecule has 1 aliphatic rings. The van der Waals surface area contributed by atoms with Crippen molar-refractivity contribution in [2.75, 3.05) is 26.3 Å². The van der Waals surface area contributed by atoms with Gasteiger partial charge in [-0.3, -0.25) is 0 Å². The molecule has 12 heavy (non-hydrogen) atoms. The smallest absolute Gasteiger partial charge is 0.0587 e. The van der Waals surface area contributed by atoms with Crippen LogP contribution in [-0.2, 0) is 4.74 Å². The number of ether oxygens (including phenoxy) is 1. The van der Waals surface area contributed by atoms with Gasteiger partial charge in [0.05, 0.1) is 6.10 Å². The molecule has 72 valence electrons. The number of hydrogen-bond donors (Lipinski definition) is 2. The van der Waals surface area contributed by atoms with E-state index in [-0.39, 0.29) is 6.61 Å². The lowest BCUT2D eigenvalue weighted by atomic mass is 10.1. The molecule has 1 unspecified atom stereocenters. The monoisotopic (exact) mass is 173 g/mol. The van der Waals surface area contributed by atoms with Crippen molar-refractivity contribution in [1.29, 1.82) is 0 Å². The van der Waals surface area contributed by atoms with Crippen LogP contribution in [0.5, 0.6) is 0 Å². The molecule has 0 aromatic carbocycles. The van der Waals surface area contributed by atoms with Crippen LogP contribution in [0.1, 0.15) is 25.7 Å². The highest BCUT2D eigenvalue weighted by atomic mass is 16.5. The molecule has 1 heterocycles. The topological polar surface area (TPSA) is 41.5 Å². The Kier molecular flexibility index (Phi) is 5.32. The molecule has 0 radical (unpaired) electrons. The highest BCUT2D eigenvalue weighted by molar-refractivity contribution is 4.66. The number of aliphatic hydroxyl groups is 1. The number of hydrogen-bond acceptors (Lipinski definition) is 3. The van der Waals surface area contributed by atoms with E-state index >= 15 is 0 Å². The first-order valence-electron chi connectivity index (χ1n) is 4.86. The van der Waals surface area contributed by atoms with Gasteiger partial charge in [0.1, 0.15) is 0 Å². The molecule has 0 spiro atoms. The van der Waals surface area contributed by atoms with Crippen LogP contribution >= 0.6 is 0 Å². The van der Waals surface area contributed by atoms with Gasteiger partial charge in [-0.15, -0.1) is 0 Å². The average molecular weight is 173 g/mol. The average Bonchev–Trinajstić information content (AvgIpc) is 2.33. The number of aliphatic hydroxyl groups excluding tert-OH is 1. The molecule has 3 heteroatoms. The minimum absolute atomic E-state index is 0.241. The summed E-state index contributed by atoms with van der Waals surface area (Å²) in [6, 6.07) is 0. The highest BCUT2D eigenvalue weighted by Crippen LogP contribution is 2.09. The van der Waals surface area contributed by atoms with Gasteiger partial charge in [0.2, 0.25) is 0 Å². The summed E-state index contributed by atoms with van der Waals surface area (Å²) in [5.41, 5.74) is 0. The Morgan fingerprint density at radius 3 is 3.08 bits per heavy atom. The fourth-order valence-corrected chi connectivity index (χ4v) is 1.47. The molecule has 0 bridgehead atoms. The lowest BCUT2D eigenvalue weighted by molar-refractivity contribution is 0.0370. The molecule has 1 atom stereocenters. The zero-order valence-corrected chi connectivity index (χ0v) is 7.59. The molecule has 0 saturated carbocycles. The van der Waals surface area contributed by atoms with E-state index in [0.717, 1.165) is 25.9 Å². The van der Waals surface area contributed by atoms with Crippen LogP contribution in [0.3, 0.4) is 0 Å². The summed E-state index contributed by atoms with van der Waals surface area (Å²) in [6.45, 7) is 3.15. The van der Waals surface area contributed by atoms with Crippen LogP contribution < -0.4 is 5.32 Å². The molecule has 0 amide bonds. The molecule has 0 aromatic heterocycles. The maximum absolute atomic E-state index is 8.56. The predicted molar refractivity (Wildman–Crippen MR) is 48.2 cm³/mol. The van der Waals surface area contributed by atoms with Gasteiger partial charge < -0.3 is 15.2 Å². The maximum atomic E-state index is 8.56. The summed E-state index contributed by atoms with van der Waals surface area (Å²) in [6.07, 6.45) is 4.68. The minimum atomic E-state index is 0.241. The third-order valence-corrected chi connectivity index (χ3v) is 2.18. The van der Waals surface area contributed by atoms with Crippen molar-refractivity contribution in [3.63, 3.8) is 0 Å². The fraction of sp³-hybridized carbons (Fsp3) is 1.00. The summed E-state index contributed by atoms with van der Waals surface area (Å²) in [4.78, 5) is 0. The van der Waals surface area contributed by atoms with E-state index in [0.29, 0.717) is 12.7 Å². The van der Waals surface area contributed by atoms with E-state index in [9.17, 15) is 0 Å². The lowest BCUT2D eigenvalue weighted by Gasteiger charge is -2.14. The van der Waals surface area contributed by atoms with Crippen molar-refractivity contribution in [3.05, 3.63) is 0 Å². The van der Waals surface area contributed by atoms with E-state index in [1.807, 2.05) is 0 Å². The molecule has 2 N–H and O–H groups in total. The van der Waals surface area contributed by atoms with Gasteiger partial charge in [0, 0.05) is 13.2 Å². The summed E-state index contributed by atoms with van der Waals surface area (Å²) in [5.74, 6) is 0. The standard InChI is InChI=1S/C9H19NO2/c11-7-2-8-12-9-3-1-5-10-6-4-9/h9-11H,1-8H2. The lowest BCUT2D eigenvalue weighted by Crippen LogP contribution is -2.17. The SMILES string of the molecule is OCCCOC1CCCNCC1. The highest BCUT2D eigenvalue weighted by Gasteiger charge is 2.11.